The second kappa shape index (κ2) is 5.15. The van der Waals surface area contributed by atoms with Gasteiger partial charge in [0.05, 0.1) is 6.04 Å². The predicted molar refractivity (Wildman–Crippen MR) is 67.7 cm³/mol. The van der Waals surface area contributed by atoms with Gasteiger partial charge in [-0.25, -0.2) is 4.39 Å². The molecule has 0 aromatic rings. The fourth-order valence-electron chi connectivity index (χ4n) is 1.95. The molecule has 0 aromatic carbocycles. The summed E-state index contributed by atoms with van der Waals surface area (Å²) >= 11 is 1.77. The molecular formula is C12H20FNS. The molecule has 3 unspecified atom stereocenters. The molecule has 1 heterocycles. The molecule has 0 bridgehead atoms. The fourth-order valence-corrected chi connectivity index (χ4v) is 2.45. The van der Waals surface area contributed by atoms with Gasteiger partial charge in [-0.05, 0) is 25.2 Å². The SMILES string of the molecule is CCC(C)(F)C1N=CC(CSC)=CC1C. The van der Waals surface area contributed by atoms with Crippen LogP contribution < -0.4 is 0 Å². The van der Waals surface area contributed by atoms with Gasteiger partial charge >= 0.3 is 0 Å². The fraction of sp³-hybridized carbons (Fsp3) is 0.750. The van der Waals surface area contributed by atoms with E-state index in [0.717, 1.165) is 5.75 Å². The summed E-state index contributed by atoms with van der Waals surface area (Å²) in [5.41, 5.74) is 0.0373. The number of aliphatic imine (C=N–C) groups is 1. The van der Waals surface area contributed by atoms with E-state index in [9.17, 15) is 4.39 Å². The van der Waals surface area contributed by atoms with Crippen LogP contribution in [0.25, 0.3) is 0 Å². The number of alkyl halides is 1. The van der Waals surface area contributed by atoms with Gasteiger partial charge in [0.1, 0.15) is 5.67 Å². The van der Waals surface area contributed by atoms with E-state index in [1.807, 2.05) is 13.1 Å². The van der Waals surface area contributed by atoms with Crippen molar-refractivity contribution in [2.45, 2.75) is 38.9 Å². The second-order valence-corrected chi connectivity index (χ2v) is 5.25. The van der Waals surface area contributed by atoms with E-state index >= 15 is 0 Å². The molecule has 86 valence electrons. The molecule has 1 aliphatic rings. The average molecular weight is 229 g/mol. The molecule has 1 rings (SSSR count). The quantitative estimate of drug-likeness (QED) is 0.718. The molecule has 1 aliphatic heterocycles. The van der Waals surface area contributed by atoms with Crippen molar-refractivity contribution in [3.63, 3.8) is 0 Å². The van der Waals surface area contributed by atoms with Gasteiger partial charge in [0.25, 0.3) is 0 Å². The van der Waals surface area contributed by atoms with Gasteiger partial charge in [0.15, 0.2) is 0 Å². The Bertz CT molecular complexity index is 271. The maximum atomic E-state index is 14.1. The first-order valence-electron chi connectivity index (χ1n) is 5.43. The van der Waals surface area contributed by atoms with E-state index in [1.165, 1.54) is 5.57 Å². The van der Waals surface area contributed by atoms with E-state index in [-0.39, 0.29) is 12.0 Å². The van der Waals surface area contributed by atoms with Gasteiger partial charge in [0, 0.05) is 17.9 Å². The Kier molecular flexibility index (Phi) is 4.38. The first kappa shape index (κ1) is 12.8. The zero-order chi connectivity index (χ0) is 11.5. The highest BCUT2D eigenvalue weighted by Crippen LogP contribution is 2.31. The van der Waals surface area contributed by atoms with Gasteiger partial charge in [0.2, 0.25) is 0 Å². The first-order chi connectivity index (χ1) is 7.01. The molecule has 0 saturated heterocycles. The Morgan fingerprint density at radius 1 is 1.60 bits per heavy atom. The van der Waals surface area contributed by atoms with Crippen LogP contribution in [0.3, 0.4) is 0 Å². The van der Waals surface area contributed by atoms with Crippen molar-refractivity contribution in [1.29, 1.82) is 0 Å². The van der Waals surface area contributed by atoms with Gasteiger partial charge in [-0.3, -0.25) is 4.99 Å². The van der Waals surface area contributed by atoms with E-state index in [4.69, 9.17) is 0 Å². The highest BCUT2D eigenvalue weighted by Gasteiger charge is 2.36. The van der Waals surface area contributed by atoms with Crippen LogP contribution in [0.1, 0.15) is 27.2 Å². The summed E-state index contributed by atoms with van der Waals surface area (Å²) in [4.78, 5) is 4.37. The molecule has 3 heteroatoms. The molecule has 3 atom stereocenters. The summed E-state index contributed by atoms with van der Waals surface area (Å²) in [6, 6.07) is -0.215. The maximum Gasteiger partial charge on any atom is 0.130 e. The van der Waals surface area contributed by atoms with Crippen LogP contribution in [0.4, 0.5) is 4.39 Å². The third kappa shape index (κ3) is 3.07. The van der Waals surface area contributed by atoms with Crippen molar-refractivity contribution in [3.8, 4) is 0 Å². The minimum atomic E-state index is -1.18. The molecule has 0 spiro atoms. The van der Waals surface area contributed by atoms with Gasteiger partial charge in [-0.2, -0.15) is 11.8 Å². The standard InChI is InChI=1S/C12H20FNS/c1-5-12(3,13)11-9(2)6-10(7-14-11)8-15-4/h6-7,9,11H,5,8H2,1-4H3. The summed E-state index contributed by atoms with van der Waals surface area (Å²) in [7, 11) is 0. The molecule has 15 heavy (non-hydrogen) atoms. The Morgan fingerprint density at radius 3 is 2.73 bits per heavy atom. The van der Waals surface area contributed by atoms with Crippen LogP contribution in [-0.2, 0) is 0 Å². The third-order valence-corrected chi connectivity index (χ3v) is 3.62. The Balaban J connectivity index is 2.73. The normalized spacial score (nSPS) is 29.8. The summed E-state index contributed by atoms with van der Waals surface area (Å²) < 4.78 is 14.1. The van der Waals surface area contributed by atoms with Crippen LogP contribution in [0.5, 0.6) is 0 Å². The van der Waals surface area contributed by atoms with E-state index in [0.29, 0.717) is 6.42 Å². The van der Waals surface area contributed by atoms with Crippen LogP contribution in [0, 0.1) is 5.92 Å². The second-order valence-electron chi connectivity index (χ2n) is 4.39. The summed E-state index contributed by atoms with van der Waals surface area (Å²) in [5.74, 6) is 1.17. The summed E-state index contributed by atoms with van der Waals surface area (Å²) in [6.07, 6.45) is 6.58. The lowest BCUT2D eigenvalue weighted by atomic mass is 9.84. The van der Waals surface area contributed by atoms with E-state index < -0.39 is 5.67 Å². The number of nitrogens with zero attached hydrogens (tertiary/aromatic N) is 1. The number of thioether (sulfide) groups is 1. The molecule has 0 amide bonds. The number of hydrogen-bond acceptors (Lipinski definition) is 2. The zero-order valence-electron chi connectivity index (χ0n) is 9.96. The highest BCUT2D eigenvalue weighted by molar-refractivity contribution is 7.98. The molecule has 0 aromatic heterocycles. The first-order valence-corrected chi connectivity index (χ1v) is 6.82. The molecular weight excluding hydrogens is 209 g/mol. The number of rotatable bonds is 4. The Morgan fingerprint density at radius 2 is 2.27 bits per heavy atom. The van der Waals surface area contributed by atoms with Crippen molar-refractivity contribution >= 4 is 18.0 Å². The summed E-state index contributed by atoms with van der Waals surface area (Å²) in [6.45, 7) is 5.58. The molecule has 1 nitrogen and oxygen atoms in total. The molecule has 0 aliphatic carbocycles. The minimum Gasteiger partial charge on any atom is -0.286 e. The molecule has 0 fully saturated rings. The van der Waals surface area contributed by atoms with Crippen molar-refractivity contribution in [1.82, 2.24) is 0 Å². The van der Waals surface area contributed by atoms with Crippen molar-refractivity contribution in [2.75, 3.05) is 12.0 Å². The third-order valence-electron chi connectivity index (χ3n) is 2.99. The molecule has 0 radical (unpaired) electrons. The number of halogens is 1. The van der Waals surface area contributed by atoms with Crippen LogP contribution in [0.2, 0.25) is 0 Å². The van der Waals surface area contributed by atoms with Crippen LogP contribution in [-0.4, -0.2) is 29.9 Å². The minimum absolute atomic E-state index is 0.201. The van der Waals surface area contributed by atoms with E-state index in [2.05, 4.69) is 24.2 Å². The lowest BCUT2D eigenvalue weighted by molar-refractivity contribution is 0.125. The van der Waals surface area contributed by atoms with Crippen molar-refractivity contribution in [3.05, 3.63) is 11.6 Å². The molecule has 0 saturated carbocycles. The summed E-state index contributed by atoms with van der Waals surface area (Å²) in [5, 5.41) is 0. The number of hydrogen-bond donors (Lipinski definition) is 0. The predicted octanol–water partition coefficient (Wildman–Crippen LogP) is 3.50. The van der Waals surface area contributed by atoms with Gasteiger partial charge in [-0.1, -0.05) is 19.9 Å². The number of dihydropyridines is 1. The van der Waals surface area contributed by atoms with E-state index in [1.54, 1.807) is 18.7 Å². The smallest absolute Gasteiger partial charge is 0.130 e. The topological polar surface area (TPSA) is 12.4 Å². The lowest BCUT2D eigenvalue weighted by Gasteiger charge is -2.32. The van der Waals surface area contributed by atoms with Crippen molar-refractivity contribution in [2.24, 2.45) is 10.9 Å². The van der Waals surface area contributed by atoms with Gasteiger partial charge in [-0.15, -0.1) is 0 Å². The molecule has 0 N–H and O–H groups in total. The monoisotopic (exact) mass is 229 g/mol. The maximum absolute atomic E-state index is 14.1. The zero-order valence-corrected chi connectivity index (χ0v) is 10.8. The van der Waals surface area contributed by atoms with Crippen molar-refractivity contribution < 1.29 is 4.39 Å². The van der Waals surface area contributed by atoms with Gasteiger partial charge < -0.3 is 0 Å². The Hall–Kier alpha value is -0.310. The largest absolute Gasteiger partial charge is 0.286 e. The lowest BCUT2D eigenvalue weighted by Crippen LogP contribution is -2.38. The van der Waals surface area contributed by atoms with Crippen LogP contribution in [0.15, 0.2) is 16.6 Å². The highest BCUT2D eigenvalue weighted by atomic mass is 32.2. The average Bonchev–Trinajstić information content (AvgIpc) is 2.18. The van der Waals surface area contributed by atoms with Crippen LogP contribution >= 0.6 is 11.8 Å². The Labute approximate surface area is 96.2 Å².